The Kier molecular flexibility index (Phi) is 14.9. The molecule has 0 aliphatic carbocycles. The molecule has 7 heteroatoms. The van der Waals surface area contributed by atoms with Gasteiger partial charge in [0.2, 0.25) is 0 Å². The van der Waals surface area contributed by atoms with Crippen molar-refractivity contribution in [2.45, 2.75) is 97.0 Å². The average molecular weight is 423 g/mol. The van der Waals surface area contributed by atoms with E-state index in [0.717, 1.165) is 62.5 Å². The molecule has 28 heavy (non-hydrogen) atoms. The van der Waals surface area contributed by atoms with Crippen molar-refractivity contribution >= 4 is 16.1 Å². The minimum atomic E-state index is -3.85. The first-order valence-corrected chi connectivity index (χ1v) is 12.6. The standard InChI is InChI=1S/C21H43NO5S/c1-5-6-7-8-11-15-21(27-20(2)23)16-12-9-10-13-17-22(3,4)18-14-19-28(24,25)26/h21H,5-19H2,1-4H3/p+1. The molecule has 0 aliphatic heterocycles. The Hall–Kier alpha value is -0.660. The molecule has 0 spiro atoms. The van der Waals surface area contributed by atoms with Crippen LogP contribution in [0.1, 0.15) is 90.9 Å². The maximum absolute atomic E-state index is 11.3. The second-order valence-electron chi connectivity index (χ2n) is 8.66. The van der Waals surface area contributed by atoms with Crippen LogP contribution < -0.4 is 0 Å². The van der Waals surface area contributed by atoms with Crippen LogP contribution in [0.4, 0.5) is 0 Å². The van der Waals surface area contributed by atoms with Gasteiger partial charge in [-0.05, 0) is 38.5 Å². The van der Waals surface area contributed by atoms with Crippen molar-refractivity contribution < 1.29 is 27.0 Å². The average Bonchev–Trinajstić information content (AvgIpc) is 2.55. The first kappa shape index (κ1) is 27.3. The van der Waals surface area contributed by atoms with Crippen LogP contribution in [-0.2, 0) is 19.6 Å². The highest BCUT2D eigenvalue weighted by Crippen LogP contribution is 2.16. The normalized spacial score (nSPS) is 13.5. The minimum absolute atomic E-state index is 0.0618. The van der Waals surface area contributed by atoms with Gasteiger partial charge in [-0.25, -0.2) is 0 Å². The molecule has 6 nitrogen and oxygen atoms in total. The molecule has 0 heterocycles. The van der Waals surface area contributed by atoms with Gasteiger partial charge in [0.1, 0.15) is 6.10 Å². The first-order chi connectivity index (χ1) is 13.1. The van der Waals surface area contributed by atoms with Gasteiger partial charge < -0.3 is 9.22 Å². The smallest absolute Gasteiger partial charge is 0.302 e. The van der Waals surface area contributed by atoms with E-state index in [1.807, 2.05) is 0 Å². The van der Waals surface area contributed by atoms with Gasteiger partial charge in [-0.2, -0.15) is 8.42 Å². The lowest BCUT2D eigenvalue weighted by Crippen LogP contribution is -2.41. The maximum Gasteiger partial charge on any atom is 0.302 e. The molecule has 0 saturated carbocycles. The molecule has 0 aromatic rings. The summed E-state index contributed by atoms with van der Waals surface area (Å²) in [6, 6.07) is 0. The summed E-state index contributed by atoms with van der Waals surface area (Å²) < 4.78 is 36.7. The minimum Gasteiger partial charge on any atom is -0.463 e. The zero-order chi connectivity index (χ0) is 21.5. The number of esters is 1. The van der Waals surface area contributed by atoms with Crippen LogP contribution in [0.25, 0.3) is 0 Å². The zero-order valence-electron chi connectivity index (χ0n) is 18.6. The number of carbonyl (C=O) groups excluding carboxylic acids is 1. The Morgan fingerprint density at radius 3 is 1.89 bits per heavy atom. The van der Waals surface area contributed by atoms with Gasteiger partial charge in [-0.15, -0.1) is 0 Å². The lowest BCUT2D eigenvalue weighted by atomic mass is 10.0. The lowest BCUT2D eigenvalue weighted by Gasteiger charge is -2.29. The molecule has 0 rings (SSSR count). The van der Waals surface area contributed by atoms with Crippen LogP contribution in [0.3, 0.4) is 0 Å². The third-order valence-corrected chi connectivity index (χ3v) is 5.97. The zero-order valence-corrected chi connectivity index (χ0v) is 19.4. The fourth-order valence-electron chi connectivity index (χ4n) is 3.52. The van der Waals surface area contributed by atoms with Crippen molar-refractivity contribution in [2.75, 3.05) is 32.9 Å². The molecule has 0 radical (unpaired) electrons. The van der Waals surface area contributed by atoms with Crippen molar-refractivity contribution in [3.63, 3.8) is 0 Å². The van der Waals surface area contributed by atoms with Gasteiger partial charge in [0, 0.05) is 13.3 Å². The number of ether oxygens (including phenoxy) is 1. The van der Waals surface area contributed by atoms with Crippen molar-refractivity contribution in [1.29, 1.82) is 0 Å². The molecule has 0 aliphatic rings. The van der Waals surface area contributed by atoms with E-state index in [1.165, 1.54) is 32.6 Å². The van der Waals surface area contributed by atoms with Crippen molar-refractivity contribution in [3.05, 3.63) is 0 Å². The van der Waals surface area contributed by atoms with E-state index in [9.17, 15) is 13.2 Å². The molecule has 0 saturated heterocycles. The molecule has 168 valence electrons. The Balaban J connectivity index is 3.91. The first-order valence-electron chi connectivity index (χ1n) is 11.0. The maximum atomic E-state index is 11.3. The SMILES string of the molecule is CCCCCCCC(CCCCCC[N+](C)(C)CCCS(=O)(=O)O)OC(C)=O. The van der Waals surface area contributed by atoms with E-state index in [0.29, 0.717) is 6.42 Å². The van der Waals surface area contributed by atoms with E-state index in [-0.39, 0.29) is 17.8 Å². The van der Waals surface area contributed by atoms with E-state index in [4.69, 9.17) is 9.29 Å². The number of carbonyl (C=O) groups is 1. The summed E-state index contributed by atoms with van der Waals surface area (Å²) >= 11 is 0. The molecule has 0 bridgehead atoms. The highest BCUT2D eigenvalue weighted by molar-refractivity contribution is 7.85. The molecule has 0 aromatic carbocycles. The number of quaternary nitrogens is 1. The van der Waals surface area contributed by atoms with Crippen LogP contribution in [0.15, 0.2) is 0 Å². The summed E-state index contributed by atoms with van der Waals surface area (Å²) in [5.41, 5.74) is 0. The monoisotopic (exact) mass is 422 g/mol. The molecule has 1 N–H and O–H groups in total. The second-order valence-corrected chi connectivity index (χ2v) is 10.2. The van der Waals surface area contributed by atoms with Crippen LogP contribution in [0.2, 0.25) is 0 Å². The van der Waals surface area contributed by atoms with Gasteiger partial charge in [0.05, 0.1) is 32.9 Å². The highest BCUT2D eigenvalue weighted by Gasteiger charge is 2.16. The largest absolute Gasteiger partial charge is 0.463 e. The molecule has 1 unspecified atom stereocenters. The van der Waals surface area contributed by atoms with Gasteiger partial charge in [0.15, 0.2) is 0 Å². The number of hydrogen-bond acceptors (Lipinski definition) is 4. The van der Waals surface area contributed by atoms with E-state index in [1.54, 1.807) is 0 Å². The summed E-state index contributed by atoms with van der Waals surface area (Å²) in [6.07, 6.45) is 13.0. The topological polar surface area (TPSA) is 80.7 Å². The van der Waals surface area contributed by atoms with E-state index in [2.05, 4.69) is 21.0 Å². The molecular formula is C21H44NO5S+. The van der Waals surface area contributed by atoms with Crippen molar-refractivity contribution in [2.24, 2.45) is 0 Å². The van der Waals surface area contributed by atoms with Crippen LogP contribution in [-0.4, -0.2) is 62.5 Å². The predicted molar refractivity (Wildman–Crippen MR) is 115 cm³/mol. The molecule has 0 amide bonds. The summed E-state index contributed by atoms with van der Waals surface area (Å²) in [7, 11) is 0.339. The van der Waals surface area contributed by atoms with Gasteiger partial charge in [0.25, 0.3) is 10.1 Å². The molecule has 0 fully saturated rings. The Morgan fingerprint density at radius 2 is 1.39 bits per heavy atom. The van der Waals surface area contributed by atoms with Crippen LogP contribution >= 0.6 is 0 Å². The molecular weight excluding hydrogens is 378 g/mol. The fourth-order valence-corrected chi connectivity index (χ4v) is 4.02. The summed E-state index contributed by atoms with van der Waals surface area (Å²) in [5.74, 6) is -0.340. The molecule has 1 atom stereocenters. The Bertz CT molecular complexity index is 505. The Labute approximate surface area is 173 Å². The number of rotatable bonds is 18. The predicted octanol–water partition coefficient (Wildman–Crippen LogP) is 4.58. The van der Waals surface area contributed by atoms with Crippen molar-refractivity contribution in [1.82, 2.24) is 0 Å². The van der Waals surface area contributed by atoms with Crippen LogP contribution in [0, 0.1) is 0 Å². The summed E-state index contributed by atoms with van der Waals surface area (Å²) in [5, 5.41) is 0. The summed E-state index contributed by atoms with van der Waals surface area (Å²) in [4.78, 5) is 11.3. The highest BCUT2D eigenvalue weighted by atomic mass is 32.2. The van der Waals surface area contributed by atoms with E-state index < -0.39 is 10.1 Å². The number of unbranched alkanes of at least 4 members (excludes halogenated alkanes) is 7. The second kappa shape index (κ2) is 15.2. The third-order valence-electron chi connectivity index (χ3n) is 5.17. The fraction of sp³-hybridized carbons (Fsp3) is 0.952. The van der Waals surface area contributed by atoms with Gasteiger partial charge in [-0.3, -0.25) is 9.35 Å². The Morgan fingerprint density at radius 1 is 0.893 bits per heavy atom. The van der Waals surface area contributed by atoms with Crippen molar-refractivity contribution in [3.8, 4) is 0 Å². The lowest BCUT2D eigenvalue weighted by molar-refractivity contribution is -0.890. The van der Waals surface area contributed by atoms with Gasteiger partial charge >= 0.3 is 5.97 Å². The number of nitrogens with zero attached hydrogens (tertiary/aromatic N) is 1. The van der Waals surface area contributed by atoms with E-state index >= 15 is 0 Å². The number of hydrogen-bond donors (Lipinski definition) is 1. The third kappa shape index (κ3) is 18.7. The van der Waals surface area contributed by atoms with Crippen LogP contribution in [0.5, 0.6) is 0 Å². The summed E-state index contributed by atoms with van der Waals surface area (Å²) in [6.45, 7) is 5.44. The molecule has 0 aromatic heterocycles. The van der Waals surface area contributed by atoms with Gasteiger partial charge in [-0.1, -0.05) is 39.0 Å². The quantitative estimate of drug-likeness (QED) is 0.151.